The Morgan fingerprint density at radius 1 is 1.24 bits per heavy atom. The smallest absolute Gasteiger partial charge is 0.347 e. The Morgan fingerprint density at radius 3 is 2.68 bits per heavy atom. The van der Waals surface area contributed by atoms with Crippen LogP contribution in [0.1, 0.15) is 15.4 Å². The topological polar surface area (TPSA) is 62.7 Å². The summed E-state index contributed by atoms with van der Waals surface area (Å²) in [5, 5.41) is 12.1. The molecular formula is C19H20N2O3S. The SMILES string of the molecule is Cc1nc(-c2c(OCCN(C)C)ccc3ccccc23)sc1C(=O)O. The number of aromatic carboxylic acids is 1. The number of carboxylic acid groups (broad SMARTS) is 1. The molecule has 130 valence electrons. The summed E-state index contributed by atoms with van der Waals surface area (Å²) >= 11 is 1.19. The lowest BCUT2D eigenvalue weighted by Crippen LogP contribution is -2.19. The van der Waals surface area contributed by atoms with Crippen LogP contribution in [0.2, 0.25) is 0 Å². The molecule has 1 N–H and O–H groups in total. The zero-order valence-electron chi connectivity index (χ0n) is 14.4. The van der Waals surface area contributed by atoms with Gasteiger partial charge in [-0.2, -0.15) is 0 Å². The van der Waals surface area contributed by atoms with E-state index < -0.39 is 5.97 Å². The first-order chi connectivity index (χ1) is 12.0. The minimum absolute atomic E-state index is 0.266. The Labute approximate surface area is 150 Å². The van der Waals surface area contributed by atoms with Crippen molar-refractivity contribution < 1.29 is 14.6 Å². The van der Waals surface area contributed by atoms with Gasteiger partial charge in [-0.1, -0.05) is 30.3 Å². The Morgan fingerprint density at radius 2 is 2.00 bits per heavy atom. The highest BCUT2D eigenvalue weighted by Gasteiger charge is 2.19. The van der Waals surface area contributed by atoms with Gasteiger partial charge in [-0.15, -0.1) is 11.3 Å². The molecule has 6 heteroatoms. The number of nitrogens with zero attached hydrogens (tertiary/aromatic N) is 2. The molecule has 3 aromatic rings. The standard InChI is InChI=1S/C19H20N2O3S/c1-12-17(19(22)23)25-18(20-12)16-14-7-5-4-6-13(14)8-9-15(16)24-11-10-21(2)3/h4-9H,10-11H2,1-3H3,(H,22,23). The summed E-state index contributed by atoms with van der Waals surface area (Å²) in [6.07, 6.45) is 0. The molecule has 0 atom stereocenters. The number of carbonyl (C=O) groups is 1. The van der Waals surface area contributed by atoms with Crippen molar-refractivity contribution in [3.63, 3.8) is 0 Å². The Bertz CT molecular complexity index is 918. The predicted octanol–water partition coefficient (Wildman–Crippen LogP) is 3.91. The Balaban J connectivity index is 2.12. The minimum atomic E-state index is -0.948. The quantitative estimate of drug-likeness (QED) is 0.725. The molecule has 0 saturated carbocycles. The van der Waals surface area contributed by atoms with Gasteiger partial charge < -0.3 is 14.7 Å². The van der Waals surface area contributed by atoms with E-state index in [0.29, 0.717) is 17.3 Å². The van der Waals surface area contributed by atoms with Gasteiger partial charge in [0.1, 0.15) is 22.2 Å². The molecule has 2 aromatic carbocycles. The van der Waals surface area contributed by atoms with Crippen molar-refractivity contribution in [2.75, 3.05) is 27.2 Å². The number of benzene rings is 2. The second-order valence-electron chi connectivity index (χ2n) is 6.05. The van der Waals surface area contributed by atoms with Crippen LogP contribution in [0.4, 0.5) is 0 Å². The number of carboxylic acids is 1. The van der Waals surface area contributed by atoms with Gasteiger partial charge in [0.15, 0.2) is 0 Å². The normalized spacial score (nSPS) is 11.2. The van der Waals surface area contributed by atoms with E-state index in [0.717, 1.165) is 28.6 Å². The fourth-order valence-corrected chi connectivity index (χ4v) is 3.60. The number of aryl methyl sites for hydroxylation is 1. The zero-order valence-corrected chi connectivity index (χ0v) is 15.3. The van der Waals surface area contributed by atoms with Gasteiger partial charge in [-0.05, 0) is 37.9 Å². The highest BCUT2D eigenvalue weighted by molar-refractivity contribution is 7.17. The van der Waals surface area contributed by atoms with Crippen LogP contribution in [0.3, 0.4) is 0 Å². The summed E-state index contributed by atoms with van der Waals surface area (Å²) in [6, 6.07) is 11.9. The first kappa shape index (κ1) is 17.4. The lowest BCUT2D eigenvalue weighted by molar-refractivity contribution is 0.0701. The molecule has 1 aromatic heterocycles. The second-order valence-corrected chi connectivity index (χ2v) is 7.05. The molecular weight excluding hydrogens is 336 g/mol. The van der Waals surface area contributed by atoms with Crippen LogP contribution in [0.25, 0.3) is 21.3 Å². The molecule has 0 aliphatic carbocycles. The molecule has 0 fully saturated rings. The van der Waals surface area contributed by atoms with Gasteiger partial charge in [-0.3, -0.25) is 0 Å². The van der Waals surface area contributed by atoms with Crippen molar-refractivity contribution in [1.82, 2.24) is 9.88 Å². The van der Waals surface area contributed by atoms with E-state index in [1.54, 1.807) is 6.92 Å². The highest BCUT2D eigenvalue weighted by Crippen LogP contribution is 2.40. The van der Waals surface area contributed by atoms with Gasteiger partial charge in [0.2, 0.25) is 0 Å². The van der Waals surface area contributed by atoms with Crippen molar-refractivity contribution in [1.29, 1.82) is 0 Å². The number of aromatic nitrogens is 1. The van der Waals surface area contributed by atoms with E-state index in [1.165, 1.54) is 11.3 Å². The summed E-state index contributed by atoms with van der Waals surface area (Å²) in [6.45, 7) is 3.07. The highest BCUT2D eigenvalue weighted by atomic mass is 32.1. The average Bonchev–Trinajstić information content (AvgIpc) is 2.96. The third-order valence-electron chi connectivity index (χ3n) is 3.89. The van der Waals surface area contributed by atoms with E-state index >= 15 is 0 Å². The van der Waals surface area contributed by atoms with Crippen LogP contribution in [-0.2, 0) is 0 Å². The summed E-state index contributed by atoms with van der Waals surface area (Å²) in [7, 11) is 3.99. The van der Waals surface area contributed by atoms with Gasteiger partial charge in [0.25, 0.3) is 0 Å². The van der Waals surface area contributed by atoms with Crippen LogP contribution in [0.5, 0.6) is 5.75 Å². The third kappa shape index (κ3) is 3.65. The monoisotopic (exact) mass is 356 g/mol. The lowest BCUT2D eigenvalue weighted by atomic mass is 10.0. The fraction of sp³-hybridized carbons (Fsp3) is 0.263. The van der Waals surface area contributed by atoms with E-state index in [-0.39, 0.29) is 4.88 Å². The molecule has 0 saturated heterocycles. The van der Waals surface area contributed by atoms with Crippen molar-refractivity contribution >= 4 is 28.1 Å². The summed E-state index contributed by atoms with van der Waals surface area (Å²) < 4.78 is 6.00. The third-order valence-corrected chi connectivity index (χ3v) is 5.05. The van der Waals surface area contributed by atoms with Crippen LogP contribution in [0.15, 0.2) is 36.4 Å². The van der Waals surface area contributed by atoms with Gasteiger partial charge in [0, 0.05) is 6.54 Å². The molecule has 5 nitrogen and oxygen atoms in total. The zero-order chi connectivity index (χ0) is 18.0. The van der Waals surface area contributed by atoms with Gasteiger partial charge in [0.05, 0.1) is 11.3 Å². The maximum atomic E-state index is 11.4. The molecule has 0 bridgehead atoms. The summed E-state index contributed by atoms with van der Waals surface area (Å²) in [5.74, 6) is -0.220. The van der Waals surface area contributed by atoms with Crippen molar-refractivity contribution in [3.05, 3.63) is 47.0 Å². The molecule has 0 unspecified atom stereocenters. The molecule has 0 amide bonds. The number of ether oxygens (including phenoxy) is 1. The Kier molecular flexibility index (Phi) is 5.01. The summed E-state index contributed by atoms with van der Waals surface area (Å²) in [4.78, 5) is 18.2. The van der Waals surface area contributed by atoms with Crippen LogP contribution in [0, 0.1) is 6.92 Å². The largest absolute Gasteiger partial charge is 0.491 e. The number of hydrogen-bond donors (Lipinski definition) is 1. The molecule has 1 heterocycles. The first-order valence-electron chi connectivity index (χ1n) is 7.97. The number of fused-ring (bicyclic) bond motifs is 1. The van der Waals surface area contributed by atoms with Crippen LogP contribution in [-0.4, -0.2) is 48.2 Å². The number of thiazole rings is 1. The van der Waals surface area contributed by atoms with E-state index in [2.05, 4.69) is 9.88 Å². The molecule has 3 rings (SSSR count). The van der Waals surface area contributed by atoms with E-state index in [1.807, 2.05) is 50.5 Å². The Hall–Kier alpha value is -2.44. The number of hydrogen-bond acceptors (Lipinski definition) is 5. The molecule has 25 heavy (non-hydrogen) atoms. The van der Waals surface area contributed by atoms with Crippen LogP contribution >= 0.6 is 11.3 Å². The van der Waals surface area contributed by atoms with Crippen molar-refractivity contribution in [2.45, 2.75) is 6.92 Å². The second kappa shape index (κ2) is 7.21. The number of likely N-dealkylation sites (N-methyl/N-ethyl adjacent to an activating group) is 1. The predicted molar refractivity (Wildman–Crippen MR) is 101 cm³/mol. The average molecular weight is 356 g/mol. The molecule has 0 aliphatic heterocycles. The molecule has 0 spiro atoms. The fourth-order valence-electron chi connectivity index (χ4n) is 2.63. The van der Waals surface area contributed by atoms with E-state index in [9.17, 15) is 9.90 Å². The molecule has 0 radical (unpaired) electrons. The summed E-state index contributed by atoms with van der Waals surface area (Å²) in [5.41, 5.74) is 1.39. The maximum absolute atomic E-state index is 11.4. The van der Waals surface area contributed by atoms with Gasteiger partial charge >= 0.3 is 5.97 Å². The maximum Gasteiger partial charge on any atom is 0.347 e. The van der Waals surface area contributed by atoms with E-state index in [4.69, 9.17) is 4.74 Å². The van der Waals surface area contributed by atoms with Gasteiger partial charge in [-0.25, -0.2) is 9.78 Å². The number of rotatable bonds is 6. The lowest BCUT2D eigenvalue weighted by Gasteiger charge is -2.15. The van der Waals surface area contributed by atoms with Crippen molar-refractivity contribution in [3.8, 4) is 16.3 Å². The molecule has 0 aliphatic rings. The van der Waals surface area contributed by atoms with Crippen LogP contribution < -0.4 is 4.74 Å². The van der Waals surface area contributed by atoms with Crippen molar-refractivity contribution in [2.24, 2.45) is 0 Å². The first-order valence-corrected chi connectivity index (χ1v) is 8.79. The minimum Gasteiger partial charge on any atom is -0.491 e.